The van der Waals surface area contributed by atoms with Crippen LogP contribution < -0.4 is 0 Å². The summed E-state index contributed by atoms with van der Waals surface area (Å²) in [5.74, 6) is -0.135. The molecular weight excluding hydrogens is 262 g/mol. The molecule has 15 heavy (non-hydrogen) atoms. The van der Waals surface area contributed by atoms with Crippen LogP contribution in [0.3, 0.4) is 0 Å². The van der Waals surface area contributed by atoms with Gasteiger partial charge in [0.05, 0.1) is 0 Å². The van der Waals surface area contributed by atoms with Crippen LogP contribution in [-0.2, 0) is 11.8 Å². The molecule has 0 amide bonds. The van der Waals surface area contributed by atoms with Crippen molar-refractivity contribution >= 4 is 21.7 Å². The third kappa shape index (κ3) is 2.43. The normalized spacial score (nSPS) is 11.8. The summed E-state index contributed by atoms with van der Waals surface area (Å²) in [6.45, 7) is 5.81. The summed E-state index contributed by atoms with van der Waals surface area (Å²) >= 11 is 3.19. The Kier molecular flexibility index (Phi) is 3.62. The fourth-order valence-electron chi connectivity index (χ4n) is 1.28. The van der Waals surface area contributed by atoms with Gasteiger partial charge in [-0.2, -0.15) is 0 Å². The van der Waals surface area contributed by atoms with Crippen LogP contribution in [0, 0.1) is 0 Å². The predicted molar refractivity (Wildman–Crippen MR) is 58.7 cm³/mol. The van der Waals surface area contributed by atoms with Crippen molar-refractivity contribution in [3.8, 4) is 0 Å². The maximum atomic E-state index is 12.1. The lowest BCUT2D eigenvalue weighted by molar-refractivity contribution is 0.000478. The van der Waals surface area contributed by atoms with E-state index < -0.39 is 5.60 Å². The van der Waals surface area contributed by atoms with Crippen molar-refractivity contribution in [2.75, 3.05) is 6.61 Å². The minimum absolute atomic E-state index is 0.135. The SMILES string of the molecule is CCOC(C)(C)C(=O)c1c(Br)nnn1C. The van der Waals surface area contributed by atoms with E-state index in [4.69, 9.17) is 4.74 Å². The lowest BCUT2D eigenvalue weighted by Crippen LogP contribution is -2.36. The first-order chi connectivity index (χ1) is 6.90. The van der Waals surface area contributed by atoms with E-state index in [9.17, 15) is 4.79 Å². The number of Topliss-reactive ketones (excluding diaryl/α,β-unsaturated/α-hetero) is 1. The second kappa shape index (κ2) is 4.40. The fourth-order valence-corrected chi connectivity index (χ4v) is 1.79. The zero-order chi connectivity index (χ0) is 11.6. The van der Waals surface area contributed by atoms with E-state index in [-0.39, 0.29) is 5.78 Å². The maximum absolute atomic E-state index is 12.1. The molecular formula is C9H14BrN3O2. The van der Waals surface area contributed by atoms with Gasteiger partial charge in [0, 0.05) is 13.7 Å². The maximum Gasteiger partial charge on any atom is 0.214 e. The molecule has 1 aromatic rings. The fraction of sp³-hybridized carbons (Fsp3) is 0.667. The third-order valence-electron chi connectivity index (χ3n) is 2.05. The smallest absolute Gasteiger partial charge is 0.214 e. The minimum Gasteiger partial charge on any atom is -0.368 e. The molecule has 1 aromatic heterocycles. The summed E-state index contributed by atoms with van der Waals surface area (Å²) in [6, 6.07) is 0. The lowest BCUT2D eigenvalue weighted by Gasteiger charge is -2.22. The number of aromatic nitrogens is 3. The highest BCUT2D eigenvalue weighted by Crippen LogP contribution is 2.21. The van der Waals surface area contributed by atoms with Crippen LogP contribution >= 0.6 is 15.9 Å². The molecule has 0 fully saturated rings. The molecule has 0 aromatic carbocycles. The number of ether oxygens (including phenoxy) is 1. The number of ketones is 1. The van der Waals surface area contributed by atoms with Crippen LogP contribution in [0.5, 0.6) is 0 Å². The van der Waals surface area contributed by atoms with E-state index in [1.54, 1.807) is 20.9 Å². The first-order valence-electron chi connectivity index (χ1n) is 4.64. The summed E-state index contributed by atoms with van der Waals surface area (Å²) in [6.07, 6.45) is 0. The van der Waals surface area contributed by atoms with Crippen molar-refractivity contribution in [2.45, 2.75) is 26.4 Å². The number of rotatable bonds is 4. The first-order valence-corrected chi connectivity index (χ1v) is 5.43. The number of nitrogens with zero attached hydrogens (tertiary/aromatic N) is 3. The molecule has 1 heterocycles. The van der Waals surface area contributed by atoms with Crippen molar-refractivity contribution in [3.63, 3.8) is 0 Å². The molecule has 0 spiro atoms. The molecule has 5 nitrogen and oxygen atoms in total. The van der Waals surface area contributed by atoms with Crippen LogP contribution in [0.2, 0.25) is 0 Å². The average Bonchev–Trinajstić information content (AvgIpc) is 2.45. The number of halogens is 1. The van der Waals surface area contributed by atoms with Crippen LogP contribution in [0.1, 0.15) is 31.3 Å². The Hall–Kier alpha value is -0.750. The highest BCUT2D eigenvalue weighted by atomic mass is 79.9. The lowest BCUT2D eigenvalue weighted by atomic mass is 10.0. The van der Waals surface area contributed by atoms with Gasteiger partial charge in [-0.3, -0.25) is 4.79 Å². The van der Waals surface area contributed by atoms with E-state index >= 15 is 0 Å². The van der Waals surface area contributed by atoms with Gasteiger partial charge in [-0.15, -0.1) is 5.10 Å². The van der Waals surface area contributed by atoms with Crippen molar-refractivity contribution < 1.29 is 9.53 Å². The van der Waals surface area contributed by atoms with E-state index in [1.807, 2.05) is 6.92 Å². The average molecular weight is 276 g/mol. The van der Waals surface area contributed by atoms with Crippen LogP contribution in [0.25, 0.3) is 0 Å². The number of aryl methyl sites for hydroxylation is 1. The van der Waals surface area contributed by atoms with Crippen LogP contribution in [-0.4, -0.2) is 33.0 Å². The van der Waals surface area contributed by atoms with Gasteiger partial charge in [-0.1, -0.05) is 5.21 Å². The summed E-state index contributed by atoms with van der Waals surface area (Å²) in [7, 11) is 1.67. The Labute approximate surface area is 96.9 Å². The van der Waals surface area contributed by atoms with E-state index in [2.05, 4.69) is 26.2 Å². The highest BCUT2D eigenvalue weighted by molar-refractivity contribution is 9.10. The molecule has 0 aliphatic rings. The van der Waals surface area contributed by atoms with E-state index in [1.165, 1.54) is 4.68 Å². The minimum atomic E-state index is -0.854. The number of carbonyl (C=O) groups excluding carboxylic acids is 1. The van der Waals surface area contributed by atoms with Gasteiger partial charge in [0.1, 0.15) is 11.3 Å². The molecule has 6 heteroatoms. The number of carbonyl (C=O) groups is 1. The van der Waals surface area contributed by atoms with E-state index in [0.29, 0.717) is 16.9 Å². The summed E-state index contributed by atoms with van der Waals surface area (Å²) in [5, 5.41) is 7.52. The predicted octanol–water partition coefficient (Wildman–Crippen LogP) is 1.58. The third-order valence-corrected chi connectivity index (χ3v) is 2.59. The topological polar surface area (TPSA) is 57.0 Å². The Morgan fingerprint density at radius 3 is 2.60 bits per heavy atom. The molecule has 0 unspecified atom stereocenters. The highest BCUT2D eigenvalue weighted by Gasteiger charge is 2.33. The zero-order valence-corrected chi connectivity index (χ0v) is 10.8. The largest absolute Gasteiger partial charge is 0.368 e. The van der Waals surface area contributed by atoms with Gasteiger partial charge in [0.25, 0.3) is 0 Å². The van der Waals surface area contributed by atoms with Gasteiger partial charge < -0.3 is 4.74 Å². The zero-order valence-electron chi connectivity index (χ0n) is 9.24. The monoisotopic (exact) mass is 275 g/mol. The summed E-state index contributed by atoms with van der Waals surface area (Å²) in [5.41, 5.74) is -0.430. The second-order valence-corrected chi connectivity index (χ2v) is 4.38. The van der Waals surface area contributed by atoms with Crippen molar-refractivity contribution in [1.82, 2.24) is 15.0 Å². The van der Waals surface area contributed by atoms with Gasteiger partial charge >= 0.3 is 0 Å². The van der Waals surface area contributed by atoms with Gasteiger partial charge in [0.15, 0.2) is 4.60 Å². The van der Waals surface area contributed by atoms with Crippen LogP contribution in [0.15, 0.2) is 4.60 Å². The quantitative estimate of drug-likeness (QED) is 0.783. The molecule has 0 saturated heterocycles. The molecule has 0 atom stereocenters. The summed E-state index contributed by atoms with van der Waals surface area (Å²) < 4.78 is 7.27. The number of hydrogen-bond donors (Lipinski definition) is 0. The molecule has 0 aliphatic carbocycles. The molecule has 0 aliphatic heterocycles. The number of hydrogen-bond acceptors (Lipinski definition) is 4. The molecule has 84 valence electrons. The molecule has 0 N–H and O–H groups in total. The Balaban J connectivity index is 3.04. The Morgan fingerprint density at radius 1 is 1.60 bits per heavy atom. The van der Waals surface area contributed by atoms with Gasteiger partial charge in [0.2, 0.25) is 5.78 Å². The molecule has 0 bridgehead atoms. The molecule has 0 radical (unpaired) electrons. The van der Waals surface area contributed by atoms with Crippen molar-refractivity contribution in [3.05, 3.63) is 10.3 Å². The van der Waals surface area contributed by atoms with Crippen molar-refractivity contribution in [1.29, 1.82) is 0 Å². The summed E-state index contributed by atoms with van der Waals surface area (Å²) in [4.78, 5) is 12.1. The van der Waals surface area contributed by atoms with Crippen molar-refractivity contribution in [2.24, 2.45) is 7.05 Å². The Bertz CT molecular complexity index is 354. The molecule has 1 rings (SSSR count). The van der Waals surface area contributed by atoms with Gasteiger partial charge in [-0.25, -0.2) is 4.68 Å². The standard InChI is InChI=1S/C9H14BrN3O2/c1-5-15-9(2,3)7(14)6-8(10)11-12-13(6)4/h5H2,1-4H3. The first kappa shape index (κ1) is 12.3. The molecule has 0 saturated carbocycles. The van der Waals surface area contributed by atoms with E-state index in [0.717, 1.165) is 0 Å². The van der Waals surface area contributed by atoms with Gasteiger partial charge in [-0.05, 0) is 36.7 Å². The van der Waals surface area contributed by atoms with Crippen LogP contribution in [0.4, 0.5) is 0 Å². The Morgan fingerprint density at radius 2 is 2.20 bits per heavy atom. The second-order valence-electron chi connectivity index (χ2n) is 3.62.